The Hall–Kier alpha value is -3.84. The smallest absolute Gasteiger partial charge is 0.337 e. The summed E-state index contributed by atoms with van der Waals surface area (Å²) in [6.07, 6.45) is 5.07. The molecule has 0 aliphatic heterocycles. The fraction of sp³-hybridized carbons (Fsp3) is 0.250. The van der Waals surface area contributed by atoms with Crippen LogP contribution in [0, 0.1) is 0 Å². The summed E-state index contributed by atoms with van der Waals surface area (Å²) in [7, 11) is 1.31. The quantitative estimate of drug-likeness (QED) is 0.303. The molecule has 0 radical (unpaired) electrons. The molecule has 1 saturated carbocycles. The Balaban J connectivity index is 1.60. The lowest BCUT2D eigenvalue weighted by Gasteiger charge is -2.34. The van der Waals surface area contributed by atoms with Crippen LogP contribution in [0.25, 0.3) is 16.6 Å². The van der Waals surface area contributed by atoms with Crippen LogP contribution in [-0.2, 0) is 4.74 Å². The van der Waals surface area contributed by atoms with Crippen LogP contribution in [0.4, 0.5) is 16.3 Å². The van der Waals surface area contributed by atoms with E-state index in [1.165, 1.54) is 13.2 Å². The fourth-order valence-corrected chi connectivity index (χ4v) is 5.04. The molecule has 5 rings (SSSR count). The summed E-state index contributed by atoms with van der Waals surface area (Å²) in [6, 6.07) is 22.1. The third-order valence-electron chi connectivity index (χ3n) is 6.57. The number of para-hydroxylation sites is 1. The molecule has 1 N–H and O–H groups in total. The summed E-state index contributed by atoms with van der Waals surface area (Å²) < 4.78 is 6.62. The minimum Gasteiger partial charge on any atom is -0.465 e. The number of urea groups is 1. The van der Waals surface area contributed by atoms with Gasteiger partial charge in [0.2, 0.25) is 0 Å². The predicted octanol–water partition coefficient (Wildman–Crippen LogP) is 6.84. The van der Waals surface area contributed by atoms with Crippen molar-refractivity contribution in [2.24, 2.45) is 0 Å². The van der Waals surface area contributed by atoms with Gasteiger partial charge < -0.3 is 10.1 Å². The number of rotatable bonds is 5. The Bertz CT molecular complexity index is 1400. The number of nitrogens with zero attached hydrogens (tertiary/aromatic N) is 3. The van der Waals surface area contributed by atoms with Crippen LogP contribution in [0.3, 0.4) is 0 Å². The number of nitrogens with one attached hydrogen (secondary N) is 1. The molecule has 1 fully saturated rings. The van der Waals surface area contributed by atoms with Gasteiger partial charge in [-0.1, -0.05) is 61.2 Å². The number of esters is 1. The highest BCUT2D eigenvalue weighted by atomic mass is 35.5. The number of amides is 2. The molecule has 1 aliphatic carbocycles. The number of halogens is 1. The number of benzene rings is 3. The molecule has 0 atom stereocenters. The van der Waals surface area contributed by atoms with Crippen LogP contribution < -0.4 is 10.2 Å². The number of methoxy groups -OCH3 is 1. The van der Waals surface area contributed by atoms with Gasteiger partial charge in [-0.3, -0.25) is 4.90 Å². The lowest BCUT2D eigenvalue weighted by molar-refractivity contribution is 0.0600. The van der Waals surface area contributed by atoms with Crippen molar-refractivity contribution in [3.05, 3.63) is 83.4 Å². The first-order valence-corrected chi connectivity index (χ1v) is 12.5. The molecular weight excluding hydrogens is 476 g/mol. The second kappa shape index (κ2) is 10.4. The number of hydrogen-bond donors (Lipinski definition) is 1. The monoisotopic (exact) mass is 502 g/mol. The lowest BCUT2D eigenvalue weighted by Crippen LogP contribution is -2.45. The SMILES string of the molecule is COC(=O)c1ccc(NC(=O)N(c2c3ccccc3nn2-c2ccccc2)C2CCCCC2)c(Cl)c1. The molecule has 8 heteroatoms. The average molecular weight is 503 g/mol. The molecule has 2 amide bonds. The van der Waals surface area contributed by atoms with Crippen LogP contribution in [-0.4, -0.2) is 34.9 Å². The Morgan fingerprint density at radius 3 is 2.44 bits per heavy atom. The summed E-state index contributed by atoms with van der Waals surface area (Å²) in [5.41, 5.74) is 2.42. The highest BCUT2D eigenvalue weighted by molar-refractivity contribution is 6.34. The molecule has 0 spiro atoms. The molecular formula is C28H27ClN4O3. The first-order valence-electron chi connectivity index (χ1n) is 12.1. The van der Waals surface area contributed by atoms with Gasteiger partial charge in [-0.15, -0.1) is 0 Å². The van der Waals surface area contributed by atoms with E-state index >= 15 is 0 Å². The van der Waals surface area contributed by atoms with Gasteiger partial charge in [0.05, 0.1) is 34.6 Å². The van der Waals surface area contributed by atoms with E-state index in [0.29, 0.717) is 11.3 Å². The van der Waals surface area contributed by atoms with Crippen LogP contribution >= 0.6 is 11.6 Å². The first-order chi connectivity index (χ1) is 17.6. The van der Waals surface area contributed by atoms with Gasteiger partial charge in [-0.05, 0) is 55.3 Å². The van der Waals surface area contributed by atoms with Crippen LogP contribution in [0.1, 0.15) is 42.5 Å². The zero-order valence-electron chi connectivity index (χ0n) is 20.0. The molecule has 36 heavy (non-hydrogen) atoms. The molecule has 4 aromatic rings. The van der Waals surface area contributed by atoms with Crippen molar-refractivity contribution in [2.75, 3.05) is 17.3 Å². The van der Waals surface area contributed by atoms with E-state index in [1.807, 2.05) is 64.2 Å². The topological polar surface area (TPSA) is 76.5 Å². The first kappa shape index (κ1) is 23.9. The average Bonchev–Trinajstić information content (AvgIpc) is 3.30. The van der Waals surface area contributed by atoms with Crippen molar-refractivity contribution >= 4 is 46.0 Å². The minimum absolute atomic E-state index is 0.00874. The van der Waals surface area contributed by atoms with Crippen molar-refractivity contribution in [1.29, 1.82) is 0 Å². The summed E-state index contributed by atoms with van der Waals surface area (Å²) in [4.78, 5) is 27.7. The zero-order chi connectivity index (χ0) is 25.1. The van der Waals surface area contributed by atoms with Crippen molar-refractivity contribution in [2.45, 2.75) is 38.1 Å². The molecule has 184 valence electrons. The molecule has 0 saturated heterocycles. The fourth-order valence-electron chi connectivity index (χ4n) is 4.81. The van der Waals surface area contributed by atoms with Crippen LogP contribution in [0.2, 0.25) is 5.02 Å². The van der Waals surface area contributed by atoms with Gasteiger partial charge in [0.15, 0.2) is 0 Å². The second-order valence-electron chi connectivity index (χ2n) is 8.87. The van der Waals surface area contributed by atoms with E-state index in [4.69, 9.17) is 21.4 Å². The van der Waals surface area contributed by atoms with Gasteiger partial charge in [-0.25, -0.2) is 14.3 Å². The van der Waals surface area contributed by atoms with Crippen LogP contribution in [0.15, 0.2) is 72.8 Å². The normalized spacial score (nSPS) is 13.9. The van der Waals surface area contributed by atoms with Crippen LogP contribution in [0.5, 0.6) is 0 Å². The lowest BCUT2D eigenvalue weighted by atomic mass is 9.94. The maximum absolute atomic E-state index is 14.0. The molecule has 1 aliphatic rings. The largest absolute Gasteiger partial charge is 0.465 e. The standard InChI is InChI=1S/C28H27ClN4O3/c1-36-27(34)19-16-17-25(23(29)18-19)30-28(35)32(20-10-4-2-5-11-20)26-22-14-8-9-15-24(22)31-33(26)21-12-6-3-7-13-21/h3,6-9,12-18,20H,2,4-5,10-11H2,1H3,(H,30,35). The summed E-state index contributed by atoms with van der Waals surface area (Å²) in [6.45, 7) is 0. The number of carbonyl (C=O) groups is 2. The molecule has 7 nitrogen and oxygen atoms in total. The predicted molar refractivity (Wildman–Crippen MR) is 142 cm³/mol. The highest BCUT2D eigenvalue weighted by Gasteiger charge is 2.32. The number of aromatic nitrogens is 2. The van der Waals surface area contributed by atoms with Gasteiger partial charge >= 0.3 is 12.0 Å². The number of hydrogen-bond acceptors (Lipinski definition) is 4. The number of anilines is 2. The molecule has 0 bridgehead atoms. The Labute approximate surface area is 214 Å². The third-order valence-corrected chi connectivity index (χ3v) is 6.89. The molecule has 3 aromatic carbocycles. The summed E-state index contributed by atoms with van der Waals surface area (Å²) >= 11 is 6.45. The summed E-state index contributed by atoms with van der Waals surface area (Å²) in [5.74, 6) is 0.236. The van der Waals surface area contributed by atoms with Crippen molar-refractivity contribution in [3.63, 3.8) is 0 Å². The molecule has 1 heterocycles. The highest BCUT2D eigenvalue weighted by Crippen LogP contribution is 2.36. The van der Waals surface area contributed by atoms with E-state index in [1.54, 1.807) is 12.1 Å². The number of ether oxygens (including phenoxy) is 1. The van der Waals surface area contributed by atoms with E-state index in [-0.39, 0.29) is 17.1 Å². The van der Waals surface area contributed by atoms with Gasteiger partial charge in [0, 0.05) is 11.4 Å². The van der Waals surface area contributed by atoms with Gasteiger partial charge in [0.1, 0.15) is 5.82 Å². The van der Waals surface area contributed by atoms with Gasteiger partial charge in [0.25, 0.3) is 0 Å². The number of carbonyl (C=O) groups excluding carboxylic acids is 2. The Morgan fingerprint density at radius 1 is 1.00 bits per heavy atom. The van der Waals surface area contributed by atoms with Gasteiger partial charge in [-0.2, -0.15) is 5.10 Å². The molecule has 1 aromatic heterocycles. The third kappa shape index (κ3) is 4.66. The van der Waals surface area contributed by atoms with E-state index in [0.717, 1.165) is 54.5 Å². The summed E-state index contributed by atoms with van der Waals surface area (Å²) in [5, 5.41) is 9.01. The maximum Gasteiger partial charge on any atom is 0.337 e. The van der Waals surface area contributed by atoms with E-state index in [9.17, 15) is 9.59 Å². The van der Waals surface area contributed by atoms with E-state index in [2.05, 4.69) is 5.32 Å². The maximum atomic E-state index is 14.0. The second-order valence-corrected chi connectivity index (χ2v) is 9.27. The molecule has 0 unspecified atom stereocenters. The Morgan fingerprint density at radius 2 is 1.72 bits per heavy atom. The number of fused-ring (bicyclic) bond motifs is 1. The zero-order valence-corrected chi connectivity index (χ0v) is 20.7. The van der Waals surface area contributed by atoms with Crippen molar-refractivity contribution < 1.29 is 14.3 Å². The van der Waals surface area contributed by atoms with Crippen molar-refractivity contribution in [1.82, 2.24) is 9.78 Å². The van der Waals surface area contributed by atoms with E-state index < -0.39 is 5.97 Å². The Kier molecular flexibility index (Phi) is 6.91. The van der Waals surface area contributed by atoms with Crippen molar-refractivity contribution in [3.8, 4) is 5.69 Å². The minimum atomic E-state index is -0.489.